The second-order valence-electron chi connectivity index (χ2n) is 3.66. The summed E-state index contributed by atoms with van der Waals surface area (Å²) in [6.07, 6.45) is 0. The molecule has 1 rings (SSSR count). The van der Waals surface area contributed by atoms with Crippen LogP contribution in [0.25, 0.3) is 0 Å². The van der Waals surface area contributed by atoms with Crippen molar-refractivity contribution in [2.45, 2.75) is 13.5 Å². The molecule has 5 N–H and O–H groups in total. The molecule has 0 aromatic heterocycles. The number of carboxylic acids is 2. The maximum Gasteiger partial charge on any atom is 0.335 e. The van der Waals surface area contributed by atoms with Crippen LogP contribution in [-0.4, -0.2) is 39.8 Å². The molecule has 0 saturated carbocycles. The lowest BCUT2D eigenvalue weighted by molar-refractivity contribution is -0.134. The van der Waals surface area contributed by atoms with Crippen LogP contribution >= 0.6 is 0 Å². The molecule has 0 spiro atoms. The number of benzene rings is 1. The van der Waals surface area contributed by atoms with Crippen LogP contribution in [0.2, 0.25) is 0 Å². The van der Waals surface area contributed by atoms with Crippen molar-refractivity contribution in [3.05, 3.63) is 35.4 Å². The number of carbonyl (C=O) groups excluding carboxylic acids is 1. The zero-order chi connectivity index (χ0) is 15.5. The second-order valence-corrected chi connectivity index (χ2v) is 3.66. The van der Waals surface area contributed by atoms with E-state index in [2.05, 4.69) is 5.32 Å². The fourth-order valence-corrected chi connectivity index (χ4v) is 1.17. The maximum absolute atomic E-state index is 10.7. The molecule has 0 radical (unpaired) electrons. The second kappa shape index (κ2) is 9.48. The van der Waals surface area contributed by atoms with Crippen molar-refractivity contribution in [1.29, 1.82) is 0 Å². The number of carbonyl (C=O) groups is 3. The smallest absolute Gasteiger partial charge is 0.335 e. The van der Waals surface area contributed by atoms with E-state index in [4.69, 9.17) is 20.2 Å². The van der Waals surface area contributed by atoms with Crippen LogP contribution in [0, 0.1) is 0 Å². The summed E-state index contributed by atoms with van der Waals surface area (Å²) in [5.41, 5.74) is 2.44. The lowest BCUT2D eigenvalue weighted by Gasteiger charge is -2.04. The molecule has 0 aliphatic carbocycles. The minimum Gasteiger partial charge on any atom is -0.481 e. The first-order chi connectivity index (χ1) is 9.36. The highest BCUT2D eigenvalue weighted by atomic mass is 16.5. The number of hydroxylamine groups is 1. The predicted octanol–water partition coefficient (Wildman–Crippen LogP) is 0.0707. The van der Waals surface area contributed by atoms with E-state index in [9.17, 15) is 9.59 Å². The van der Waals surface area contributed by atoms with Gasteiger partial charge in [0.1, 0.15) is 0 Å². The molecule has 110 valence electrons. The molecule has 0 aliphatic rings. The molecular weight excluding hydrogens is 268 g/mol. The number of aliphatic carboxylic acids is 1. The summed E-state index contributed by atoms with van der Waals surface area (Å²) < 4.78 is 0. The van der Waals surface area contributed by atoms with Crippen molar-refractivity contribution in [1.82, 2.24) is 10.8 Å². The van der Waals surface area contributed by atoms with E-state index in [-0.39, 0.29) is 12.1 Å². The molecule has 0 heterocycles. The Hall–Kier alpha value is -2.45. The number of amides is 1. The van der Waals surface area contributed by atoms with Crippen LogP contribution in [0.1, 0.15) is 22.8 Å². The van der Waals surface area contributed by atoms with E-state index >= 15 is 0 Å². The maximum atomic E-state index is 10.7. The van der Waals surface area contributed by atoms with Crippen molar-refractivity contribution in [3.63, 3.8) is 0 Å². The first-order valence-corrected chi connectivity index (χ1v) is 5.52. The van der Waals surface area contributed by atoms with Crippen LogP contribution in [0.4, 0.5) is 0 Å². The van der Waals surface area contributed by atoms with Gasteiger partial charge in [-0.3, -0.25) is 14.8 Å². The quantitative estimate of drug-likeness (QED) is 0.381. The summed E-state index contributed by atoms with van der Waals surface area (Å²) in [4.78, 5) is 30.3. The van der Waals surface area contributed by atoms with Gasteiger partial charge in [0.25, 0.3) is 11.9 Å². The average Bonchev–Trinajstić information content (AvgIpc) is 2.38. The van der Waals surface area contributed by atoms with Crippen LogP contribution in [-0.2, 0) is 16.1 Å². The van der Waals surface area contributed by atoms with Gasteiger partial charge < -0.3 is 15.5 Å². The van der Waals surface area contributed by atoms with Crippen molar-refractivity contribution < 1.29 is 29.8 Å². The van der Waals surface area contributed by atoms with Crippen molar-refractivity contribution in [3.8, 4) is 0 Å². The van der Waals surface area contributed by atoms with E-state index in [0.717, 1.165) is 12.5 Å². The third kappa shape index (κ3) is 8.61. The third-order valence-corrected chi connectivity index (χ3v) is 1.91. The molecule has 0 atom stereocenters. The third-order valence-electron chi connectivity index (χ3n) is 1.91. The highest BCUT2D eigenvalue weighted by molar-refractivity contribution is 5.87. The lowest BCUT2D eigenvalue weighted by atomic mass is 10.1. The van der Waals surface area contributed by atoms with Gasteiger partial charge in [-0.05, 0) is 17.7 Å². The summed E-state index contributed by atoms with van der Waals surface area (Å²) in [6.45, 7) is 1.41. The average molecular weight is 284 g/mol. The molecule has 0 saturated heterocycles. The summed E-state index contributed by atoms with van der Waals surface area (Å²) in [5.74, 6) is -2.37. The van der Waals surface area contributed by atoms with Gasteiger partial charge in [0, 0.05) is 13.5 Å². The van der Waals surface area contributed by atoms with Crippen LogP contribution in [0.5, 0.6) is 0 Å². The van der Waals surface area contributed by atoms with Gasteiger partial charge >= 0.3 is 5.97 Å². The molecule has 0 unspecified atom stereocenters. The zero-order valence-electron chi connectivity index (χ0n) is 10.8. The van der Waals surface area contributed by atoms with Crippen molar-refractivity contribution in [2.24, 2.45) is 0 Å². The molecule has 1 aromatic carbocycles. The minimum atomic E-state index is -0.991. The molecule has 8 heteroatoms. The Labute approximate surface area is 115 Å². The minimum absolute atomic E-state index is 0.0339. The van der Waals surface area contributed by atoms with Crippen LogP contribution in [0.15, 0.2) is 24.3 Å². The monoisotopic (exact) mass is 284 g/mol. The number of hydrogen-bond acceptors (Lipinski definition) is 5. The van der Waals surface area contributed by atoms with Crippen LogP contribution < -0.4 is 10.8 Å². The fraction of sp³-hybridized carbons (Fsp3) is 0.250. The number of rotatable bonds is 5. The van der Waals surface area contributed by atoms with Crippen molar-refractivity contribution >= 4 is 17.8 Å². The van der Waals surface area contributed by atoms with E-state index in [1.807, 2.05) is 0 Å². The first-order valence-electron chi connectivity index (χ1n) is 5.52. The van der Waals surface area contributed by atoms with E-state index in [1.165, 1.54) is 17.6 Å². The number of hydrogen-bond donors (Lipinski definition) is 5. The number of carboxylic acid groups (broad SMARTS) is 2. The molecule has 0 fully saturated rings. The lowest BCUT2D eigenvalue weighted by Crippen LogP contribution is -2.31. The SMILES string of the molecule is CC(=O)O.O=C(CNCc1cccc(C(=O)O)c1)NO. The van der Waals surface area contributed by atoms with Gasteiger partial charge in [0.05, 0.1) is 12.1 Å². The molecule has 0 aliphatic heterocycles. The van der Waals surface area contributed by atoms with Gasteiger partial charge in [-0.2, -0.15) is 0 Å². The normalized spacial score (nSPS) is 9.10. The fourth-order valence-electron chi connectivity index (χ4n) is 1.17. The standard InChI is InChI=1S/C10H12N2O4.C2H4O2/c13-9(12-16)6-11-5-7-2-1-3-8(4-7)10(14)15;1-2(3)4/h1-4,11,16H,5-6H2,(H,12,13)(H,14,15);1H3,(H,3,4). The van der Waals surface area contributed by atoms with Gasteiger partial charge in [-0.1, -0.05) is 12.1 Å². The number of aromatic carboxylic acids is 1. The largest absolute Gasteiger partial charge is 0.481 e. The Bertz CT molecular complexity index is 471. The highest BCUT2D eigenvalue weighted by Gasteiger charge is 2.03. The summed E-state index contributed by atoms with van der Waals surface area (Å²) in [7, 11) is 0. The molecule has 1 amide bonds. The first kappa shape index (κ1) is 17.6. The van der Waals surface area contributed by atoms with Crippen LogP contribution in [0.3, 0.4) is 0 Å². The van der Waals surface area contributed by atoms with Gasteiger partial charge in [-0.15, -0.1) is 0 Å². The highest BCUT2D eigenvalue weighted by Crippen LogP contribution is 2.04. The Morgan fingerprint density at radius 2 is 1.80 bits per heavy atom. The zero-order valence-corrected chi connectivity index (χ0v) is 10.8. The van der Waals surface area contributed by atoms with Crippen molar-refractivity contribution in [2.75, 3.05) is 6.54 Å². The Balaban J connectivity index is 0.000000796. The Morgan fingerprint density at radius 3 is 2.30 bits per heavy atom. The molecule has 8 nitrogen and oxygen atoms in total. The Morgan fingerprint density at radius 1 is 1.20 bits per heavy atom. The van der Waals surface area contributed by atoms with Gasteiger partial charge in [-0.25, -0.2) is 10.3 Å². The molecular formula is C12H16N2O6. The van der Waals surface area contributed by atoms with E-state index in [1.54, 1.807) is 12.1 Å². The molecule has 1 aromatic rings. The molecule has 20 heavy (non-hydrogen) atoms. The summed E-state index contributed by atoms with van der Waals surface area (Å²) in [5, 5.41) is 27.1. The topological polar surface area (TPSA) is 136 Å². The molecule has 0 bridgehead atoms. The summed E-state index contributed by atoms with van der Waals surface area (Å²) >= 11 is 0. The summed E-state index contributed by atoms with van der Waals surface area (Å²) in [6, 6.07) is 6.39. The van der Waals surface area contributed by atoms with E-state index in [0.29, 0.717) is 6.54 Å². The van der Waals surface area contributed by atoms with E-state index < -0.39 is 17.8 Å². The van der Waals surface area contributed by atoms with Gasteiger partial charge in [0.15, 0.2) is 0 Å². The van der Waals surface area contributed by atoms with Gasteiger partial charge in [0.2, 0.25) is 0 Å². The number of nitrogens with one attached hydrogen (secondary N) is 2. The Kier molecular flexibility index (Phi) is 8.32. The predicted molar refractivity (Wildman–Crippen MR) is 68.3 cm³/mol.